The maximum Gasteiger partial charge on any atom is 0.251 e. The van der Waals surface area contributed by atoms with Gasteiger partial charge in [0.25, 0.3) is 5.91 Å². The van der Waals surface area contributed by atoms with Gasteiger partial charge in [0, 0.05) is 5.56 Å². The molecule has 0 aromatic heterocycles. The van der Waals surface area contributed by atoms with Crippen molar-refractivity contribution in [3.8, 4) is 5.75 Å². The van der Waals surface area contributed by atoms with Gasteiger partial charge in [-0.15, -0.1) is 0 Å². The molecule has 0 aliphatic carbocycles. The quantitative estimate of drug-likeness (QED) is 0.769. The van der Waals surface area contributed by atoms with Crippen LogP contribution in [0.1, 0.15) is 24.1 Å². The molecule has 0 spiro atoms. The lowest BCUT2D eigenvalue weighted by Gasteiger charge is -2.20. The molecule has 25 heavy (non-hydrogen) atoms. The second kappa shape index (κ2) is 6.44. The first kappa shape index (κ1) is 15.5. The van der Waals surface area contributed by atoms with Gasteiger partial charge in [-0.3, -0.25) is 4.79 Å². The molecule has 124 valence electrons. The second-order valence-corrected chi connectivity index (χ2v) is 6.26. The molecule has 3 heteroatoms. The molecule has 1 aliphatic rings. The lowest BCUT2D eigenvalue weighted by Crippen LogP contribution is -2.31. The van der Waals surface area contributed by atoms with Crippen LogP contribution in [-0.2, 0) is 4.79 Å². The zero-order valence-corrected chi connectivity index (χ0v) is 14.0. The lowest BCUT2D eigenvalue weighted by atomic mass is 9.99. The third-order valence-electron chi connectivity index (χ3n) is 4.56. The number of benzene rings is 3. The fourth-order valence-electron chi connectivity index (χ4n) is 3.24. The van der Waals surface area contributed by atoms with Crippen LogP contribution < -0.4 is 10.1 Å². The van der Waals surface area contributed by atoms with Crippen molar-refractivity contribution in [3.63, 3.8) is 0 Å². The van der Waals surface area contributed by atoms with Crippen molar-refractivity contribution in [1.29, 1.82) is 0 Å². The molecule has 0 fully saturated rings. The first-order valence-corrected chi connectivity index (χ1v) is 8.43. The van der Waals surface area contributed by atoms with Crippen LogP contribution in [0.5, 0.6) is 5.75 Å². The van der Waals surface area contributed by atoms with E-state index in [-0.39, 0.29) is 11.9 Å². The second-order valence-electron chi connectivity index (χ2n) is 6.26. The van der Waals surface area contributed by atoms with Crippen LogP contribution in [0.2, 0.25) is 0 Å². The van der Waals surface area contributed by atoms with Gasteiger partial charge in [-0.05, 0) is 35.4 Å². The topological polar surface area (TPSA) is 38.3 Å². The van der Waals surface area contributed by atoms with Crippen molar-refractivity contribution < 1.29 is 9.53 Å². The fraction of sp³-hybridized carbons (Fsp3) is 0.136. The Morgan fingerprint density at radius 3 is 2.68 bits per heavy atom. The molecule has 0 saturated carbocycles. The van der Waals surface area contributed by atoms with Crippen LogP contribution in [0, 0.1) is 0 Å². The molecule has 1 N–H and O–H groups in total. The molecular formula is C22H19NO2. The maximum atomic E-state index is 12.7. The highest BCUT2D eigenvalue weighted by Crippen LogP contribution is 2.27. The molecule has 1 amide bonds. The number of hydrogen-bond acceptors (Lipinski definition) is 2. The molecule has 3 aromatic carbocycles. The predicted molar refractivity (Wildman–Crippen MR) is 100 cm³/mol. The van der Waals surface area contributed by atoms with Crippen molar-refractivity contribution in [1.82, 2.24) is 5.32 Å². The highest BCUT2D eigenvalue weighted by Gasteiger charge is 2.19. The summed E-state index contributed by atoms with van der Waals surface area (Å²) in [4.78, 5) is 12.7. The van der Waals surface area contributed by atoms with E-state index in [2.05, 4.69) is 29.6 Å². The number of para-hydroxylation sites is 1. The number of carbonyl (C=O) groups excluding carboxylic acids is 1. The lowest BCUT2D eigenvalue weighted by molar-refractivity contribution is -0.118. The monoisotopic (exact) mass is 329 g/mol. The van der Waals surface area contributed by atoms with Gasteiger partial charge in [0.05, 0.1) is 11.6 Å². The molecule has 1 heterocycles. The molecule has 0 unspecified atom stereocenters. The van der Waals surface area contributed by atoms with E-state index >= 15 is 0 Å². The molecular weight excluding hydrogens is 310 g/mol. The highest BCUT2D eigenvalue weighted by molar-refractivity contribution is 5.99. The van der Waals surface area contributed by atoms with E-state index in [4.69, 9.17) is 4.74 Å². The number of hydrogen-bond donors (Lipinski definition) is 1. The predicted octanol–water partition coefficient (Wildman–Crippen LogP) is 4.49. The average Bonchev–Trinajstić information content (AvgIpc) is 2.67. The summed E-state index contributed by atoms with van der Waals surface area (Å²) in [5, 5.41) is 5.44. The molecule has 3 aromatic rings. The van der Waals surface area contributed by atoms with Crippen LogP contribution in [0.25, 0.3) is 16.8 Å². The van der Waals surface area contributed by atoms with Crippen LogP contribution in [-0.4, -0.2) is 12.5 Å². The summed E-state index contributed by atoms with van der Waals surface area (Å²) in [5.41, 5.74) is 2.70. The Balaban J connectivity index is 1.58. The summed E-state index contributed by atoms with van der Waals surface area (Å²) in [5.74, 6) is 0.732. The van der Waals surface area contributed by atoms with Crippen LogP contribution in [0.3, 0.4) is 0 Å². The SMILES string of the molecule is C[C@@H](NC(=O)C1=Cc2ccccc2OC1)c1cccc2ccccc12. The molecule has 4 rings (SSSR count). The van der Waals surface area contributed by atoms with Gasteiger partial charge >= 0.3 is 0 Å². The summed E-state index contributed by atoms with van der Waals surface area (Å²) >= 11 is 0. The van der Waals surface area contributed by atoms with E-state index in [0.717, 1.165) is 22.3 Å². The van der Waals surface area contributed by atoms with E-state index < -0.39 is 0 Å². The molecule has 0 saturated heterocycles. The normalized spacial score (nSPS) is 14.2. The van der Waals surface area contributed by atoms with Gasteiger partial charge in [-0.25, -0.2) is 0 Å². The molecule has 3 nitrogen and oxygen atoms in total. The molecule has 0 radical (unpaired) electrons. The van der Waals surface area contributed by atoms with Gasteiger partial charge in [0.15, 0.2) is 0 Å². The van der Waals surface area contributed by atoms with Crippen molar-refractivity contribution in [2.24, 2.45) is 0 Å². The Bertz CT molecular complexity index is 969. The Morgan fingerprint density at radius 1 is 1.00 bits per heavy atom. The maximum absolute atomic E-state index is 12.7. The summed E-state index contributed by atoms with van der Waals surface area (Å²) in [7, 11) is 0. The largest absolute Gasteiger partial charge is 0.488 e. The zero-order chi connectivity index (χ0) is 17.2. The van der Waals surface area contributed by atoms with Crippen molar-refractivity contribution >= 4 is 22.8 Å². The molecule has 1 aliphatic heterocycles. The third-order valence-corrected chi connectivity index (χ3v) is 4.56. The van der Waals surface area contributed by atoms with E-state index in [0.29, 0.717) is 12.2 Å². The Morgan fingerprint density at radius 2 is 1.76 bits per heavy atom. The number of fused-ring (bicyclic) bond motifs is 2. The van der Waals surface area contributed by atoms with Crippen LogP contribution in [0.15, 0.2) is 72.3 Å². The number of rotatable bonds is 3. The summed E-state index contributed by atoms with van der Waals surface area (Å²) in [6.07, 6.45) is 1.91. The van der Waals surface area contributed by atoms with Gasteiger partial charge in [-0.1, -0.05) is 60.7 Å². The number of carbonyl (C=O) groups is 1. The zero-order valence-electron chi connectivity index (χ0n) is 14.0. The minimum Gasteiger partial charge on any atom is -0.488 e. The summed E-state index contributed by atoms with van der Waals surface area (Å²) < 4.78 is 5.69. The standard InChI is InChI=1S/C22H19NO2/c1-15(19-11-6-9-16-7-2-4-10-20(16)19)23-22(24)18-13-17-8-3-5-12-21(17)25-14-18/h2-13,15H,14H2,1H3,(H,23,24)/t15-/m1/s1. The Hall–Kier alpha value is -3.07. The minimum atomic E-state index is -0.0880. The fourth-order valence-corrected chi connectivity index (χ4v) is 3.24. The summed E-state index contributed by atoms with van der Waals surface area (Å²) in [6.45, 7) is 2.31. The molecule has 0 bridgehead atoms. The smallest absolute Gasteiger partial charge is 0.251 e. The van der Waals surface area contributed by atoms with Crippen molar-refractivity contribution in [2.45, 2.75) is 13.0 Å². The number of nitrogens with one attached hydrogen (secondary N) is 1. The third kappa shape index (κ3) is 3.01. The van der Waals surface area contributed by atoms with E-state index in [9.17, 15) is 4.79 Å². The Labute approximate surface area is 146 Å². The van der Waals surface area contributed by atoms with Crippen molar-refractivity contribution in [3.05, 3.63) is 83.4 Å². The minimum absolute atomic E-state index is 0.0864. The van der Waals surface area contributed by atoms with Crippen molar-refractivity contribution in [2.75, 3.05) is 6.61 Å². The first-order chi connectivity index (χ1) is 12.2. The highest BCUT2D eigenvalue weighted by atomic mass is 16.5. The van der Waals surface area contributed by atoms with E-state index in [1.807, 2.05) is 55.5 Å². The summed E-state index contributed by atoms with van der Waals surface area (Å²) in [6, 6.07) is 22.1. The van der Waals surface area contributed by atoms with Gasteiger partial charge in [0.2, 0.25) is 0 Å². The number of ether oxygens (including phenoxy) is 1. The van der Waals surface area contributed by atoms with Crippen LogP contribution >= 0.6 is 0 Å². The first-order valence-electron chi connectivity index (χ1n) is 8.43. The van der Waals surface area contributed by atoms with E-state index in [1.54, 1.807) is 0 Å². The molecule has 1 atom stereocenters. The van der Waals surface area contributed by atoms with Gasteiger partial charge in [-0.2, -0.15) is 0 Å². The van der Waals surface area contributed by atoms with Crippen LogP contribution in [0.4, 0.5) is 0 Å². The average molecular weight is 329 g/mol. The van der Waals surface area contributed by atoms with E-state index in [1.165, 1.54) is 5.39 Å². The van der Waals surface area contributed by atoms with Gasteiger partial charge in [0.1, 0.15) is 12.4 Å². The Kier molecular flexibility index (Phi) is 3.98. The number of amides is 1. The van der Waals surface area contributed by atoms with Gasteiger partial charge < -0.3 is 10.1 Å².